The number of aryl methyl sites for hydroxylation is 1. The number of nitrogens with zero attached hydrogens (tertiary/aromatic N) is 2. The quantitative estimate of drug-likeness (QED) is 0.492. The molecule has 0 saturated carbocycles. The fraction of sp³-hybridized carbons (Fsp3) is 0.636. The van der Waals surface area contributed by atoms with E-state index < -0.39 is 0 Å². The minimum Gasteiger partial charge on any atom is -0.382 e. The molecule has 1 aromatic rings. The maximum Gasteiger partial charge on any atom is 0.162 e. The molecule has 0 aliphatic carbocycles. The molecule has 0 spiro atoms. The van der Waals surface area contributed by atoms with Crippen LogP contribution in [0.15, 0.2) is 12.4 Å². The molecule has 0 aromatic carbocycles. The van der Waals surface area contributed by atoms with Crippen molar-refractivity contribution in [3.63, 3.8) is 0 Å². The number of methoxy groups -OCH3 is 1. The van der Waals surface area contributed by atoms with Gasteiger partial charge in [-0.25, -0.2) is 0 Å². The summed E-state index contributed by atoms with van der Waals surface area (Å²) in [4.78, 5) is 11.0. The molecule has 0 saturated heterocycles. The van der Waals surface area contributed by atoms with Crippen LogP contribution in [0.25, 0.3) is 0 Å². The van der Waals surface area contributed by atoms with Gasteiger partial charge in [-0.1, -0.05) is 0 Å². The van der Waals surface area contributed by atoms with Crippen molar-refractivity contribution in [2.75, 3.05) is 26.9 Å². The molecule has 0 aliphatic heterocycles. The van der Waals surface area contributed by atoms with Crippen molar-refractivity contribution in [3.05, 3.63) is 18.0 Å². The van der Waals surface area contributed by atoms with Crippen LogP contribution in [0.5, 0.6) is 0 Å². The van der Waals surface area contributed by atoms with Gasteiger partial charge >= 0.3 is 0 Å². The monoisotopic (exact) mass is 226 g/mol. The van der Waals surface area contributed by atoms with Crippen LogP contribution in [0.3, 0.4) is 0 Å². The Bertz CT molecular complexity index is 323. The first-order chi connectivity index (χ1) is 7.74. The lowest BCUT2D eigenvalue weighted by Gasteiger charge is -2.03. The topological polar surface area (TPSA) is 53.4 Å². The van der Waals surface area contributed by atoms with Gasteiger partial charge in [0.15, 0.2) is 5.78 Å². The highest BCUT2D eigenvalue weighted by Crippen LogP contribution is 1.99. The van der Waals surface area contributed by atoms with Gasteiger partial charge < -0.3 is 9.47 Å². The van der Waals surface area contributed by atoms with E-state index in [4.69, 9.17) is 9.47 Å². The van der Waals surface area contributed by atoms with Crippen molar-refractivity contribution >= 4 is 5.78 Å². The Morgan fingerprint density at radius 2 is 2.25 bits per heavy atom. The molecule has 0 fully saturated rings. The fourth-order valence-electron chi connectivity index (χ4n) is 1.24. The molecular formula is C11H18N2O3. The summed E-state index contributed by atoms with van der Waals surface area (Å²) < 4.78 is 11.9. The van der Waals surface area contributed by atoms with Crippen LogP contribution in [-0.2, 0) is 16.0 Å². The van der Waals surface area contributed by atoms with Crippen LogP contribution in [0, 0.1) is 0 Å². The second-order valence-corrected chi connectivity index (χ2v) is 3.51. The second-order valence-electron chi connectivity index (χ2n) is 3.51. The van der Waals surface area contributed by atoms with Crippen molar-refractivity contribution in [1.82, 2.24) is 9.78 Å². The Balaban J connectivity index is 2.14. The zero-order valence-corrected chi connectivity index (χ0v) is 9.81. The number of hydrogen-bond donors (Lipinski definition) is 0. The van der Waals surface area contributed by atoms with Crippen molar-refractivity contribution in [3.8, 4) is 0 Å². The number of carbonyl (C=O) groups excluding carboxylic acids is 1. The molecule has 5 nitrogen and oxygen atoms in total. The first-order valence-corrected chi connectivity index (χ1v) is 5.34. The fourth-order valence-corrected chi connectivity index (χ4v) is 1.24. The van der Waals surface area contributed by atoms with Gasteiger partial charge in [-0.15, -0.1) is 0 Å². The molecule has 90 valence electrons. The highest BCUT2D eigenvalue weighted by Gasteiger charge is 2.02. The molecule has 0 bridgehead atoms. The van der Waals surface area contributed by atoms with E-state index in [1.54, 1.807) is 24.2 Å². The molecule has 5 heteroatoms. The largest absolute Gasteiger partial charge is 0.382 e. The third kappa shape index (κ3) is 4.55. The van der Waals surface area contributed by atoms with E-state index in [9.17, 15) is 4.79 Å². The van der Waals surface area contributed by atoms with Crippen molar-refractivity contribution in [2.45, 2.75) is 19.9 Å². The van der Waals surface area contributed by atoms with Crippen molar-refractivity contribution in [2.24, 2.45) is 0 Å². The first kappa shape index (κ1) is 12.9. The summed E-state index contributed by atoms with van der Waals surface area (Å²) in [7, 11) is 1.65. The Hall–Kier alpha value is -1.20. The van der Waals surface area contributed by atoms with E-state index in [-0.39, 0.29) is 5.78 Å². The smallest absolute Gasteiger partial charge is 0.162 e. The van der Waals surface area contributed by atoms with E-state index in [0.29, 0.717) is 25.4 Å². The highest BCUT2D eigenvalue weighted by atomic mass is 16.5. The molecule has 0 atom stereocenters. The Morgan fingerprint density at radius 1 is 1.44 bits per heavy atom. The third-order valence-corrected chi connectivity index (χ3v) is 2.15. The Kier molecular flexibility index (Phi) is 5.74. The SMILES string of the molecule is COCCOCCCn1cc(C(C)=O)cn1. The molecule has 16 heavy (non-hydrogen) atoms. The van der Waals surface area contributed by atoms with E-state index in [1.807, 2.05) is 0 Å². The van der Waals surface area contributed by atoms with Crippen LogP contribution < -0.4 is 0 Å². The molecule has 1 aromatic heterocycles. The lowest BCUT2D eigenvalue weighted by Crippen LogP contribution is -2.06. The van der Waals surface area contributed by atoms with Gasteiger partial charge in [0.25, 0.3) is 0 Å². The standard InChI is InChI=1S/C11H18N2O3/c1-10(14)11-8-12-13(9-11)4-3-5-16-7-6-15-2/h8-9H,3-7H2,1-2H3. The lowest BCUT2D eigenvalue weighted by molar-refractivity contribution is 0.0677. The first-order valence-electron chi connectivity index (χ1n) is 5.34. The number of rotatable bonds is 8. The molecule has 1 heterocycles. The van der Waals surface area contributed by atoms with Crippen molar-refractivity contribution in [1.29, 1.82) is 0 Å². The molecule has 0 amide bonds. The van der Waals surface area contributed by atoms with Crippen LogP contribution in [0.4, 0.5) is 0 Å². The van der Waals surface area contributed by atoms with Gasteiger partial charge in [0.1, 0.15) is 0 Å². The third-order valence-electron chi connectivity index (χ3n) is 2.15. The van der Waals surface area contributed by atoms with Crippen LogP contribution in [0.2, 0.25) is 0 Å². The van der Waals surface area contributed by atoms with Gasteiger partial charge in [0.2, 0.25) is 0 Å². The van der Waals surface area contributed by atoms with Crippen LogP contribution >= 0.6 is 0 Å². The number of carbonyl (C=O) groups is 1. The molecule has 0 unspecified atom stereocenters. The molecule has 0 radical (unpaired) electrons. The van der Waals surface area contributed by atoms with Gasteiger partial charge in [0.05, 0.1) is 25.0 Å². The zero-order valence-electron chi connectivity index (χ0n) is 9.81. The summed E-state index contributed by atoms with van der Waals surface area (Å²) in [6.45, 7) is 4.22. The number of Topliss-reactive ketones (excluding diaryl/α,β-unsaturated/α-hetero) is 1. The van der Waals surface area contributed by atoms with Crippen LogP contribution in [0.1, 0.15) is 23.7 Å². The Morgan fingerprint density at radius 3 is 2.88 bits per heavy atom. The second kappa shape index (κ2) is 7.14. The summed E-state index contributed by atoms with van der Waals surface area (Å²) >= 11 is 0. The van der Waals surface area contributed by atoms with E-state index in [1.165, 1.54) is 6.92 Å². The minimum atomic E-state index is 0.0441. The van der Waals surface area contributed by atoms with Gasteiger partial charge in [-0.2, -0.15) is 5.10 Å². The maximum atomic E-state index is 11.0. The summed E-state index contributed by atoms with van der Waals surface area (Å²) in [5.41, 5.74) is 0.653. The lowest BCUT2D eigenvalue weighted by atomic mass is 10.3. The summed E-state index contributed by atoms with van der Waals surface area (Å²) in [6, 6.07) is 0. The molecule has 0 N–H and O–H groups in total. The average molecular weight is 226 g/mol. The van der Waals surface area contributed by atoms with Crippen LogP contribution in [-0.4, -0.2) is 42.5 Å². The number of ketones is 1. The number of aromatic nitrogens is 2. The molecular weight excluding hydrogens is 208 g/mol. The predicted octanol–water partition coefficient (Wildman–Crippen LogP) is 1.14. The van der Waals surface area contributed by atoms with Gasteiger partial charge in [-0.05, 0) is 13.3 Å². The predicted molar refractivity (Wildman–Crippen MR) is 59.5 cm³/mol. The zero-order chi connectivity index (χ0) is 11.8. The van der Waals surface area contributed by atoms with Crippen molar-refractivity contribution < 1.29 is 14.3 Å². The highest BCUT2D eigenvalue weighted by molar-refractivity contribution is 5.93. The number of ether oxygens (including phenoxy) is 2. The summed E-state index contributed by atoms with van der Waals surface area (Å²) in [5, 5.41) is 4.09. The molecule has 0 aliphatic rings. The average Bonchev–Trinajstić information content (AvgIpc) is 2.72. The summed E-state index contributed by atoms with van der Waals surface area (Å²) in [5.74, 6) is 0.0441. The van der Waals surface area contributed by atoms with Gasteiger partial charge in [-0.3, -0.25) is 9.48 Å². The van der Waals surface area contributed by atoms with E-state index >= 15 is 0 Å². The van der Waals surface area contributed by atoms with E-state index in [0.717, 1.165) is 13.0 Å². The van der Waals surface area contributed by atoms with Gasteiger partial charge in [0, 0.05) is 26.5 Å². The minimum absolute atomic E-state index is 0.0441. The van der Waals surface area contributed by atoms with E-state index in [2.05, 4.69) is 5.10 Å². The normalized spacial score (nSPS) is 10.6. The Labute approximate surface area is 95.3 Å². The number of hydrogen-bond acceptors (Lipinski definition) is 4. The summed E-state index contributed by atoms with van der Waals surface area (Å²) in [6.07, 6.45) is 4.23. The molecule has 1 rings (SSSR count). The maximum absolute atomic E-state index is 11.0.